The molecule has 0 aromatic heterocycles. The van der Waals surface area contributed by atoms with Gasteiger partial charge in [-0.05, 0) is 42.0 Å². The molecule has 0 atom stereocenters. The summed E-state index contributed by atoms with van der Waals surface area (Å²) in [7, 11) is 1.64. The van der Waals surface area contributed by atoms with Gasteiger partial charge in [0.2, 0.25) is 0 Å². The quantitative estimate of drug-likeness (QED) is 0.512. The first kappa shape index (κ1) is 17.4. The Hall–Kier alpha value is -3.47. The molecular formula is C21H21N3O2. The van der Waals surface area contributed by atoms with E-state index in [0.29, 0.717) is 12.5 Å². The molecule has 0 amide bonds. The number of ether oxygens (including phenoxy) is 2. The zero-order valence-corrected chi connectivity index (χ0v) is 14.6. The van der Waals surface area contributed by atoms with E-state index in [2.05, 4.69) is 10.3 Å². The smallest absolute Gasteiger partial charge is 0.193 e. The number of guanidine groups is 1. The number of rotatable bonds is 6. The van der Waals surface area contributed by atoms with Crippen LogP contribution in [0.5, 0.6) is 17.2 Å². The van der Waals surface area contributed by atoms with Crippen molar-refractivity contribution in [3.8, 4) is 17.2 Å². The van der Waals surface area contributed by atoms with E-state index in [-0.39, 0.29) is 0 Å². The summed E-state index contributed by atoms with van der Waals surface area (Å²) >= 11 is 0. The van der Waals surface area contributed by atoms with Gasteiger partial charge in [-0.1, -0.05) is 36.4 Å². The van der Waals surface area contributed by atoms with Crippen molar-refractivity contribution in [2.45, 2.75) is 6.54 Å². The van der Waals surface area contributed by atoms with Crippen LogP contribution < -0.4 is 20.5 Å². The van der Waals surface area contributed by atoms with Gasteiger partial charge in [-0.3, -0.25) is 0 Å². The van der Waals surface area contributed by atoms with Gasteiger partial charge in [0.25, 0.3) is 0 Å². The number of nitrogens with zero attached hydrogens (tertiary/aromatic N) is 1. The maximum absolute atomic E-state index is 5.99. The Bertz CT molecular complexity index is 862. The van der Waals surface area contributed by atoms with Crippen LogP contribution in [0, 0.1) is 0 Å². The molecule has 0 unspecified atom stereocenters. The zero-order chi connectivity index (χ0) is 18.2. The molecule has 0 saturated heterocycles. The van der Waals surface area contributed by atoms with Gasteiger partial charge in [0.1, 0.15) is 17.2 Å². The Morgan fingerprint density at radius 1 is 0.885 bits per heavy atom. The van der Waals surface area contributed by atoms with Crippen molar-refractivity contribution in [3.63, 3.8) is 0 Å². The molecule has 26 heavy (non-hydrogen) atoms. The molecule has 0 bridgehead atoms. The number of hydrogen-bond acceptors (Lipinski definition) is 3. The van der Waals surface area contributed by atoms with Crippen molar-refractivity contribution >= 4 is 11.6 Å². The topological polar surface area (TPSA) is 68.9 Å². The number of nitrogens with two attached hydrogens (primary N) is 1. The van der Waals surface area contributed by atoms with Gasteiger partial charge < -0.3 is 20.5 Å². The fraction of sp³-hybridized carbons (Fsp3) is 0.0952. The van der Waals surface area contributed by atoms with E-state index < -0.39 is 0 Å². The van der Waals surface area contributed by atoms with Crippen LogP contribution in [0.1, 0.15) is 5.56 Å². The molecule has 0 heterocycles. The second-order valence-corrected chi connectivity index (χ2v) is 5.62. The fourth-order valence-electron chi connectivity index (χ4n) is 2.36. The standard InChI is InChI=1S/C21H21N3O2/c1-25-18-12-10-16(11-13-18)15-23-21(22)24-17-6-5-9-20(14-17)26-19-7-3-2-4-8-19/h2-14H,15H2,1H3,(H3,22,23,24). The van der Waals surface area contributed by atoms with Crippen LogP contribution >= 0.6 is 0 Å². The van der Waals surface area contributed by atoms with Gasteiger partial charge in [0, 0.05) is 11.8 Å². The first-order valence-corrected chi connectivity index (χ1v) is 8.26. The lowest BCUT2D eigenvalue weighted by Crippen LogP contribution is -2.22. The van der Waals surface area contributed by atoms with E-state index in [1.807, 2.05) is 78.9 Å². The third-order valence-electron chi connectivity index (χ3n) is 3.68. The molecule has 5 nitrogen and oxygen atoms in total. The van der Waals surface area contributed by atoms with Gasteiger partial charge in [-0.25, -0.2) is 4.99 Å². The van der Waals surface area contributed by atoms with Crippen LogP contribution in [0.3, 0.4) is 0 Å². The van der Waals surface area contributed by atoms with Gasteiger partial charge in [0.15, 0.2) is 5.96 Å². The van der Waals surface area contributed by atoms with Crippen molar-refractivity contribution in [3.05, 3.63) is 84.4 Å². The molecule has 5 heteroatoms. The van der Waals surface area contributed by atoms with Crippen LogP contribution in [0.2, 0.25) is 0 Å². The number of aliphatic imine (C=N–C) groups is 1. The van der Waals surface area contributed by atoms with E-state index in [1.54, 1.807) is 7.11 Å². The third-order valence-corrected chi connectivity index (χ3v) is 3.68. The number of hydrogen-bond donors (Lipinski definition) is 2. The van der Waals surface area contributed by atoms with Crippen molar-refractivity contribution in [2.75, 3.05) is 12.4 Å². The SMILES string of the molecule is COc1ccc(CN=C(N)Nc2cccc(Oc3ccccc3)c2)cc1. The third kappa shape index (κ3) is 5.01. The highest BCUT2D eigenvalue weighted by atomic mass is 16.5. The summed E-state index contributed by atoms with van der Waals surface area (Å²) < 4.78 is 11.0. The predicted molar refractivity (Wildman–Crippen MR) is 105 cm³/mol. The minimum Gasteiger partial charge on any atom is -0.497 e. The number of anilines is 1. The Morgan fingerprint density at radius 3 is 2.35 bits per heavy atom. The number of methoxy groups -OCH3 is 1. The summed E-state index contributed by atoms with van der Waals surface area (Å²) in [4.78, 5) is 4.36. The van der Waals surface area contributed by atoms with Gasteiger partial charge in [-0.15, -0.1) is 0 Å². The second kappa shape index (κ2) is 8.58. The summed E-state index contributed by atoms with van der Waals surface area (Å²) in [6, 6.07) is 24.9. The molecule has 0 aliphatic carbocycles. The monoisotopic (exact) mass is 347 g/mol. The minimum atomic E-state index is 0.345. The zero-order valence-electron chi connectivity index (χ0n) is 14.6. The summed E-state index contributed by atoms with van der Waals surface area (Å²) in [5.41, 5.74) is 7.85. The highest BCUT2D eigenvalue weighted by Crippen LogP contribution is 2.23. The average molecular weight is 347 g/mol. The van der Waals surface area contributed by atoms with E-state index in [1.165, 1.54) is 0 Å². The molecule has 0 aliphatic rings. The Morgan fingerprint density at radius 2 is 1.62 bits per heavy atom. The minimum absolute atomic E-state index is 0.345. The molecule has 3 aromatic rings. The summed E-state index contributed by atoms with van der Waals surface area (Å²) in [5.74, 6) is 2.67. The number of para-hydroxylation sites is 1. The summed E-state index contributed by atoms with van der Waals surface area (Å²) in [5, 5.41) is 3.08. The number of benzene rings is 3. The predicted octanol–water partition coefficient (Wildman–Crippen LogP) is 4.41. The van der Waals surface area contributed by atoms with Gasteiger partial charge in [-0.2, -0.15) is 0 Å². The van der Waals surface area contributed by atoms with Crippen LogP contribution in [-0.4, -0.2) is 13.1 Å². The number of nitrogens with one attached hydrogen (secondary N) is 1. The van der Waals surface area contributed by atoms with Crippen LogP contribution in [0.25, 0.3) is 0 Å². The molecule has 0 fully saturated rings. The fourth-order valence-corrected chi connectivity index (χ4v) is 2.36. The van der Waals surface area contributed by atoms with Crippen molar-refractivity contribution in [1.82, 2.24) is 0 Å². The Balaban J connectivity index is 1.61. The normalized spacial score (nSPS) is 11.0. The largest absolute Gasteiger partial charge is 0.497 e. The first-order chi connectivity index (χ1) is 12.7. The average Bonchev–Trinajstić information content (AvgIpc) is 2.68. The molecule has 0 aliphatic heterocycles. The molecule has 0 saturated carbocycles. The van der Waals surface area contributed by atoms with E-state index in [9.17, 15) is 0 Å². The van der Waals surface area contributed by atoms with Gasteiger partial charge >= 0.3 is 0 Å². The maximum Gasteiger partial charge on any atom is 0.193 e. The molecule has 0 radical (unpaired) electrons. The summed E-state index contributed by atoms with van der Waals surface area (Å²) in [6.07, 6.45) is 0. The molecule has 0 spiro atoms. The Labute approximate surface area is 153 Å². The molecule has 3 aromatic carbocycles. The Kier molecular flexibility index (Phi) is 5.72. The van der Waals surface area contributed by atoms with E-state index in [4.69, 9.17) is 15.2 Å². The lowest BCUT2D eigenvalue weighted by atomic mass is 10.2. The molecule has 3 rings (SSSR count). The van der Waals surface area contributed by atoms with Crippen molar-refractivity contribution in [1.29, 1.82) is 0 Å². The van der Waals surface area contributed by atoms with E-state index in [0.717, 1.165) is 28.5 Å². The van der Waals surface area contributed by atoms with Crippen molar-refractivity contribution in [2.24, 2.45) is 10.7 Å². The summed E-state index contributed by atoms with van der Waals surface area (Å²) in [6.45, 7) is 0.489. The second-order valence-electron chi connectivity index (χ2n) is 5.62. The van der Waals surface area contributed by atoms with Crippen LogP contribution in [0.15, 0.2) is 83.9 Å². The molecule has 132 valence electrons. The highest BCUT2D eigenvalue weighted by Gasteiger charge is 2.01. The van der Waals surface area contributed by atoms with Crippen molar-refractivity contribution < 1.29 is 9.47 Å². The maximum atomic E-state index is 5.99. The first-order valence-electron chi connectivity index (χ1n) is 8.26. The van der Waals surface area contributed by atoms with Crippen LogP contribution in [-0.2, 0) is 6.54 Å². The van der Waals surface area contributed by atoms with Gasteiger partial charge in [0.05, 0.1) is 13.7 Å². The lowest BCUT2D eigenvalue weighted by Gasteiger charge is -2.09. The lowest BCUT2D eigenvalue weighted by molar-refractivity contribution is 0.414. The van der Waals surface area contributed by atoms with E-state index >= 15 is 0 Å². The van der Waals surface area contributed by atoms with Crippen LogP contribution in [0.4, 0.5) is 5.69 Å². The molecule has 3 N–H and O–H groups in total. The molecular weight excluding hydrogens is 326 g/mol. The highest BCUT2D eigenvalue weighted by molar-refractivity contribution is 5.92.